The third-order valence-electron chi connectivity index (χ3n) is 3.61. The molecule has 1 heterocycles. The second-order valence-corrected chi connectivity index (χ2v) is 5.56. The number of benzene rings is 2. The van der Waals surface area contributed by atoms with Gasteiger partial charge in [0.2, 0.25) is 0 Å². The monoisotopic (exact) mass is 363 g/mol. The normalized spacial score (nSPS) is 11.4. The Kier molecular flexibility index (Phi) is 4.50. The molecule has 134 valence electrons. The molecular weight excluding hydrogens is 350 g/mol. The molecule has 8 heteroatoms. The lowest BCUT2D eigenvalue weighted by molar-refractivity contribution is -0.142. The predicted octanol–water partition coefficient (Wildman–Crippen LogP) is 4.59. The molecule has 1 aromatic heterocycles. The van der Waals surface area contributed by atoms with E-state index < -0.39 is 23.6 Å². The Morgan fingerprint density at radius 3 is 2.35 bits per heavy atom. The Bertz CT molecular complexity index is 946. The summed E-state index contributed by atoms with van der Waals surface area (Å²) < 4.78 is 53.6. The highest BCUT2D eigenvalue weighted by molar-refractivity contribution is 6.04. The number of nitrogens with one attached hydrogen (secondary N) is 1. The number of hydrogen-bond acceptors (Lipinski definition) is 2. The number of nitrogens with zero attached hydrogens (tertiary/aromatic N) is 2. The van der Waals surface area contributed by atoms with E-state index in [9.17, 15) is 22.4 Å². The van der Waals surface area contributed by atoms with E-state index in [2.05, 4.69) is 10.4 Å². The number of aryl methyl sites for hydroxylation is 1. The number of amides is 1. The number of carbonyl (C=O) groups excluding carboxylic acids is 1. The average molecular weight is 363 g/mol. The SMILES string of the molecule is Cc1cc(C(F)(F)F)n(-c2ccc(NC(=O)c3ccccc3F)cc2)n1. The highest BCUT2D eigenvalue weighted by atomic mass is 19.4. The largest absolute Gasteiger partial charge is 0.433 e. The second kappa shape index (κ2) is 6.62. The van der Waals surface area contributed by atoms with Gasteiger partial charge in [0.05, 0.1) is 16.9 Å². The van der Waals surface area contributed by atoms with Crippen LogP contribution in [-0.2, 0) is 6.18 Å². The number of halogens is 4. The molecule has 0 radical (unpaired) electrons. The summed E-state index contributed by atoms with van der Waals surface area (Å²) in [5.74, 6) is -1.31. The zero-order valence-corrected chi connectivity index (χ0v) is 13.5. The van der Waals surface area contributed by atoms with E-state index in [0.717, 1.165) is 16.8 Å². The van der Waals surface area contributed by atoms with Gasteiger partial charge in [-0.3, -0.25) is 4.79 Å². The molecule has 0 bridgehead atoms. The number of alkyl halides is 3. The smallest absolute Gasteiger partial charge is 0.322 e. The first-order valence-electron chi connectivity index (χ1n) is 7.56. The topological polar surface area (TPSA) is 46.9 Å². The minimum absolute atomic E-state index is 0.126. The van der Waals surface area contributed by atoms with Crippen molar-refractivity contribution in [2.75, 3.05) is 5.32 Å². The molecule has 2 aromatic carbocycles. The van der Waals surface area contributed by atoms with Crippen molar-refractivity contribution in [3.63, 3.8) is 0 Å². The summed E-state index contributed by atoms with van der Waals surface area (Å²) in [6.07, 6.45) is -4.54. The fourth-order valence-electron chi connectivity index (χ4n) is 2.43. The maximum absolute atomic E-state index is 13.6. The standard InChI is InChI=1S/C18H13F4N3O/c1-11-10-16(18(20,21)22)25(24-11)13-8-6-12(7-9-13)23-17(26)14-4-2-3-5-15(14)19/h2-10H,1H3,(H,23,26). The third kappa shape index (κ3) is 3.58. The molecule has 3 aromatic rings. The van der Waals surface area contributed by atoms with E-state index in [1.165, 1.54) is 49.4 Å². The third-order valence-corrected chi connectivity index (χ3v) is 3.61. The number of anilines is 1. The Labute approximate surface area is 146 Å². The van der Waals surface area contributed by atoms with Gasteiger partial charge in [-0.05, 0) is 49.4 Å². The van der Waals surface area contributed by atoms with Crippen LogP contribution in [-0.4, -0.2) is 15.7 Å². The van der Waals surface area contributed by atoms with E-state index in [4.69, 9.17) is 0 Å². The Hall–Kier alpha value is -3.16. The maximum Gasteiger partial charge on any atom is 0.433 e. The lowest BCUT2D eigenvalue weighted by atomic mass is 10.2. The molecule has 0 unspecified atom stereocenters. The summed E-state index contributed by atoms with van der Waals surface area (Å²) in [5.41, 5.74) is -0.278. The number of rotatable bonds is 3. The van der Waals surface area contributed by atoms with E-state index in [1.54, 1.807) is 0 Å². The van der Waals surface area contributed by atoms with Gasteiger partial charge in [0.15, 0.2) is 0 Å². The van der Waals surface area contributed by atoms with Crippen molar-refractivity contribution >= 4 is 11.6 Å². The van der Waals surface area contributed by atoms with E-state index in [1.807, 2.05) is 0 Å². The van der Waals surface area contributed by atoms with Crippen molar-refractivity contribution in [3.05, 3.63) is 77.4 Å². The summed E-state index contributed by atoms with van der Waals surface area (Å²) >= 11 is 0. The number of aromatic nitrogens is 2. The molecule has 4 nitrogen and oxygen atoms in total. The molecule has 0 fully saturated rings. The quantitative estimate of drug-likeness (QED) is 0.692. The van der Waals surface area contributed by atoms with Gasteiger partial charge in [0.25, 0.3) is 5.91 Å². The zero-order chi connectivity index (χ0) is 18.9. The predicted molar refractivity (Wildman–Crippen MR) is 87.7 cm³/mol. The lowest BCUT2D eigenvalue weighted by Gasteiger charge is -2.11. The van der Waals surface area contributed by atoms with Gasteiger partial charge >= 0.3 is 6.18 Å². The van der Waals surface area contributed by atoms with Crippen LogP contribution in [0.4, 0.5) is 23.2 Å². The molecule has 26 heavy (non-hydrogen) atoms. The van der Waals surface area contributed by atoms with Crippen molar-refractivity contribution in [1.29, 1.82) is 0 Å². The van der Waals surface area contributed by atoms with Crippen molar-refractivity contribution in [2.45, 2.75) is 13.1 Å². The molecule has 0 saturated carbocycles. The summed E-state index contributed by atoms with van der Waals surface area (Å²) in [7, 11) is 0. The van der Waals surface area contributed by atoms with Crippen molar-refractivity contribution in [3.8, 4) is 5.69 Å². The Morgan fingerprint density at radius 2 is 1.73 bits per heavy atom. The van der Waals surface area contributed by atoms with Crippen molar-refractivity contribution < 1.29 is 22.4 Å². The van der Waals surface area contributed by atoms with Crippen LogP contribution in [0, 0.1) is 12.7 Å². The molecule has 0 aliphatic carbocycles. The zero-order valence-electron chi connectivity index (χ0n) is 13.5. The molecule has 0 aliphatic heterocycles. The first kappa shape index (κ1) is 17.7. The summed E-state index contributed by atoms with van der Waals surface area (Å²) in [5, 5.41) is 6.35. The van der Waals surface area contributed by atoms with Crippen LogP contribution in [0.25, 0.3) is 5.69 Å². The van der Waals surface area contributed by atoms with Crippen LogP contribution >= 0.6 is 0 Å². The molecule has 0 spiro atoms. The highest BCUT2D eigenvalue weighted by Crippen LogP contribution is 2.31. The van der Waals surface area contributed by atoms with Gasteiger partial charge in [-0.15, -0.1) is 0 Å². The van der Waals surface area contributed by atoms with Crippen LogP contribution in [0.2, 0.25) is 0 Å². The van der Waals surface area contributed by atoms with Crippen LogP contribution in [0.5, 0.6) is 0 Å². The number of carbonyl (C=O) groups is 1. The first-order valence-corrected chi connectivity index (χ1v) is 7.56. The second-order valence-electron chi connectivity index (χ2n) is 5.56. The molecule has 0 atom stereocenters. The Balaban J connectivity index is 1.84. The van der Waals surface area contributed by atoms with Gasteiger partial charge in [-0.2, -0.15) is 18.3 Å². The summed E-state index contributed by atoms with van der Waals surface area (Å²) in [6.45, 7) is 1.47. The van der Waals surface area contributed by atoms with Gasteiger partial charge < -0.3 is 5.32 Å². The lowest BCUT2D eigenvalue weighted by Crippen LogP contribution is -2.14. The van der Waals surface area contributed by atoms with Gasteiger partial charge in [0.1, 0.15) is 11.5 Å². The summed E-state index contributed by atoms with van der Waals surface area (Å²) in [4.78, 5) is 12.1. The van der Waals surface area contributed by atoms with Crippen molar-refractivity contribution in [2.24, 2.45) is 0 Å². The molecule has 1 N–H and O–H groups in total. The Morgan fingerprint density at radius 1 is 1.08 bits per heavy atom. The molecule has 0 aliphatic rings. The minimum atomic E-state index is -4.54. The number of hydrogen-bond donors (Lipinski definition) is 1. The van der Waals surface area contributed by atoms with Gasteiger partial charge in [0, 0.05) is 5.69 Å². The van der Waals surface area contributed by atoms with Gasteiger partial charge in [-0.25, -0.2) is 9.07 Å². The fraction of sp³-hybridized carbons (Fsp3) is 0.111. The fourth-order valence-corrected chi connectivity index (χ4v) is 2.43. The van der Waals surface area contributed by atoms with Gasteiger partial charge in [-0.1, -0.05) is 12.1 Å². The molecular formula is C18H13F4N3O. The highest BCUT2D eigenvalue weighted by Gasteiger charge is 2.35. The van der Waals surface area contributed by atoms with Crippen LogP contribution < -0.4 is 5.32 Å². The van der Waals surface area contributed by atoms with Crippen LogP contribution in [0.15, 0.2) is 54.6 Å². The van der Waals surface area contributed by atoms with Crippen LogP contribution in [0.3, 0.4) is 0 Å². The van der Waals surface area contributed by atoms with E-state index in [0.29, 0.717) is 5.69 Å². The molecule has 1 amide bonds. The molecule has 3 rings (SSSR count). The molecule has 0 saturated heterocycles. The van der Waals surface area contributed by atoms with Crippen molar-refractivity contribution in [1.82, 2.24) is 9.78 Å². The maximum atomic E-state index is 13.6. The average Bonchev–Trinajstić information content (AvgIpc) is 2.98. The van der Waals surface area contributed by atoms with Crippen LogP contribution in [0.1, 0.15) is 21.7 Å². The minimum Gasteiger partial charge on any atom is -0.322 e. The summed E-state index contributed by atoms with van der Waals surface area (Å²) in [6, 6.07) is 12.1. The first-order chi connectivity index (χ1) is 12.3. The van der Waals surface area contributed by atoms with E-state index >= 15 is 0 Å². The van der Waals surface area contributed by atoms with E-state index in [-0.39, 0.29) is 16.9 Å².